The average molecular weight is 394 g/mol. The molecular formula is C19H23FN2O4S. The first-order valence-corrected chi connectivity index (χ1v) is 10.1. The van der Waals surface area contributed by atoms with Gasteiger partial charge in [-0.1, -0.05) is 0 Å². The van der Waals surface area contributed by atoms with Gasteiger partial charge in [0.2, 0.25) is 0 Å². The second kappa shape index (κ2) is 9.48. The maximum Gasteiger partial charge on any atom is 0.261 e. The van der Waals surface area contributed by atoms with Crippen LogP contribution in [-0.2, 0) is 14.8 Å². The van der Waals surface area contributed by atoms with E-state index >= 15 is 0 Å². The van der Waals surface area contributed by atoms with Gasteiger partial charge < -0.3 is 10.1 Å². The Hall–Kier alpha value is -2.45. The van der Waals surface area contributed by atoms with E-state index in [2.05, 4.69) is 10.0 Å². The minimum absolute atomic E-state index is 0.0301. The summed E-state index contributed by atoms with van der Waals surface area (Å²) in [6.07, 6.45) is 0.717. The van der Waals surface area contributed by atoms with E-state index in [1.807, 2.05) is 6.92 Å². The fourth-order valence-electron chi connectivity index (χ4n) is 2.31. The molecule has 8 heteroatoms. The summed E-state index contributed by atoms with van der Waals surface area (Å²) < 4.78 is 45.7. The Balaban J connectivity index is 1.98. The van der Waals surface area contributed by atoms with Gasteiger partial charge in [0, 0.05) is 31.0 Å². The molecule has 0 atom stereocenters. The Bertz CT molecular complexity index is 883. The second-order valence-electron chi connectivity index (χ2n) is 5.90. The van der Waals surface area contributed by atoms with E-state index in [4.69, 9.17) is 4.74 Å². The smallest absolute Gasteiger partial charge is 0.261 e. The molecule has 0 radical (unpaired) electrons. The van der Waals surface area contributed by atoms with Crippen molar-refractivity contribution in [1.82, 2.24) is 5.32 Å². The van der Waals surface area contributed by atoms with Crippen molar-refractivity contribution in [2.75, 3.05) is 24.5 Å². The number of amides is 1. The quantitative estimate of drug-likeness (QED) is 0.640. The summed E-state index contributed by atoms with van der Waals surface area (Å²) in [5.41, 5.74) is 0.978. The number of sulfonamides is 1. The van der Waals surface area contributed by atoms with Crippen LogP contribution in [0.3, 0.4) is 0 Å². The van der Waals surface area contributed by atoms with Crippen LogP contribution in [0.25, 0.3) is 0 Å². The molecule has 0 bridgehead atoms. The molecule has 2 aromatic carbocycles. The molecule has 2 N–H and O–H groups in total. The van der Waals surface area contributed by atoms with E-state index in [9.17, 15) is 17.6 Å². The number of ether oxygens (including phenoxy) is 1. The highest BCUT2D eigenvalue weighted by molar-refractivity contribution is 7.92. The third kappa shape index (κ3) is 6.04. The molecule has 0 saturated heterocycles. The zero-order chi connectivity index (χ0) is 19.9. The van der Waals surface area contributed by atoms with Crippen molar-refractivity contribution in [1.29, 1.82) is 0 Å². The summed E-state index contributed by atoms with van der Waals surface area (Å²) in [7, 11) is -3.84. The molecule has 0 saturated carbocycles. The molecule has 27 heavy (non-hydrogen) atoms. The molecule has 0 spiro atoms. The maximum atomic E-state index is 13.3. The van der Waals surface area contributed by atoms with E-state index in [1.54, 1.807) is 0 Å². The van der Waals surface area contributed by atoms with E-state index in [-0.39, 0.29) is 16.4 Å². The summed E-state index contributed by atoms with van der Waals surface area (Å²) >= 11 is 0. The van der Waals surface area contributed by atoms with Gasteiger partial charge in [-0.25, -0.2) is 12.8 Å². The van der Waals surface area contributed by atoms with Crippen LogP contribution in [0, 0.1) is 12.7 Å². The molecule has 0 aliphatic carbocycles. The number of nitrogens with one attached hydrogen (secondary N) is 2. The van der Waals surface area contributed by atoms with Crippen molar-refractivity contribution in [2.45, 2.75) is 25.2 Å². The van der Waals surface area contributed by atoms with Gasteiger partial charge in [-0.15, -0.1) is 0 Å². The second-order valence-corrected chi connectivity index (χ2v) is 7.58. The van der Waals surface area contributed by atoms with E-state index in [0.717, 1.165) is 6.07 Å². The van der Waals surface area contributed by atoms with Crippen molar-refractivity contribution in [2.24, 2.45) is 0 Å². The lowest BCUT2D eigenvalue weighted by Gasteiger charge is -2.10. The molecule has 0 fully saturated rings. The number of halogens is 1. The number of hydrogen-bond donors (Lipinski definition) is 2. The predicted octanol–water partition coefficient (Wildman–Crippen LogP) is 3.09. The van der Waals surface area contributed by atoms with Crippen molar-refractivity contribution in [3.63, 3.8) is 0 Å². The minimum atomic E-state index is -3.84. The number of hydrogen-bond acceptors (Lipinski definition) is 4. The molecule has 6 nitrogen and oxygen atoms in total. The largest absolute Gasteiger partial charge is 0.382 e. The van der Waals surface area contributed by atoms with E-state index in [1.165, 1.54) is 43.3 Å². The van der Waals surface area contributed by atoms with Crippen molar-refractivity contribution in [3.05, 3.63) is 59.4 Å². The average Bonchev–Trinajstić information content (AvgIpc) is 2.64. The molecular weight excluding hydrogens is 371 g/mol. The minimum Gasteiger partial charge on any atom is -0.382 e. The molecule has 0 aliphatic heterocycles. The highest BCUT2D eigenvalue weighted by Gasteiger charge is 2.16. The first-order valence-electron chi connectivity index (χ1n) is 8.58. The lowest BCUT2D eigenvalue weighted by atomic mass is 10.2. The van der Waals surface area contributed by atoms with E-state index in [0.29, 0.717) is 37.4 Å². The number of carbonyl (C=O) groups excluding carboxylic acids is 1. The summed E-state index contributed by atoms with van der Waals surface area (Å²) in [6, 6.07) is 9.66. The Morgan fingerprint density at radius 3 is 2.48 bits per heavy atom. The Morgan fingerprint density at radius 1 is 1.15 bits per heavy atom. The van der Waals surface area contributed by atoms with Gasteiger partial charge in [-0.2, -0.15) is 0 Å². The molecule has 0 unspecified atom stereocenters. The summed E-state index contributed by atoms with van der Waals surface area (Å²) in [6.45, 7) is 5.13. The molecule has 2 rings (SSSR count). The Kier molecular flexibility index (Phi) is 7.32. The van der Waals surface area contributed by atoms with Gasteiger partial charge >= 0.3 is 0 Å². The number of anilines is 1. The third-order valence-corrected chi connectivity index (χ3v) is 5.17. The predicted molar refractivity (Wildman–Crippen MR) is 102 cm³/mol. The first-order chi connectivity index (χ1) is 12.8. The highest BCUT2D eigenvalue weighted by atomic mass is 32.2. The van der Waals surface area contributed by atoms with Crippen LogP contribution in [0.15, 0.2) is 47.4 Å². The zero-order valence-corrected chi connectivity index (χ0v) is 16.1. The highest BCUT2D eigenvalue weighted by Crippen LogP contribution is 2.19. The molecule has 0 aliphatic rings. The fraction of sp³-hybridized carbons (Fsp3) is 0.316. The zero-order valence-electron chi connectivity index (χ0n) is 15.3. The first kappa shape index (κ1) is 20.9. The third-order valence-electron chi connectivity index (χ3n) is 3.79. The number of aryl methyl sites for hydroxylation is 1. The fourth-order valence-corrected chi connectivity index (χ4v) is 3.45. The lowest BCUT2D eigenvalue weighted by molar-refractivity contribution is 0.0944. The van der Waals surface area contributed by atoms with Crippen LogP contribution in [0.4, 0.5) is 10.1 Å². The normalized spacial score (nSPS) is 11.2. The molecule has 146 valence electrons. The van der Waals surface area contributed by atoms with Gasteiger partial charge in [0.1, 0.15) is 5.82 Å². The summed E-state index contributed by atoms with van der Waals surface area (Å²) in [5, 5.41) is 2.77. The van der Waals surface area contributed by atoms with Gasteiger partial charge in [0.05, 0.1) is 4.90 Å². The van der Waals surface area contributed by atoms with Gasteiger partial charge in [0.15, 0.2) is 0 Å². The topological polar surface area (TPSA) is 84.5 Å². The number of benzene rings is 2. The molecule has 2 aromatic rings. The van der Waals surface area contributed by atoms with Crippen LogP contribution in [0.1, 0.15) is 29.3 Å². The van der Waals surface area contributed by atoms with Crippen LogP contribution in [0.2, 0.25) is 0 Å². The van der Waals surface area contributed by atoms with Crippen LogP contribution < -0.4 is 10.0 Å². The van der Waals surface area contributed by atoms with Crippen molar-refractivity contribution < 1.29 is 22.3 Å². The summed E-state index contributed by atoms with van der Waals surface area (Å²) in [4.78, 5) is 12.0. The SMILES string of the molecule is CCOCCCNC(=O)c1ccc(NS(=O)(=O)c2ccc(F)c(C)c2)cc1. The van der Waals surface area contributed by atoms with Crippen molar-refractivity contribution >= 4 is 21.6 Å². The maximum absolute atomic E-state index is 13.3. The van der Waals surface area contributed by atoms with Gasteiger partial charge in [-0.3, -0.25) is 9.52 Å². The molecule has 0 aromatic heterocycles. The van der Waals surface area contributed by atoms with Gasteiger partial charge in [-0.05, 0) is 68.3 Å². The Labute approximate surface area is 158 Å². The van der Waals surface area contributed by atoms with Crippen LogP contribution in [0.5, 0.6) is 0 Å². The molecule has 1 amide bonds. The van der Waals surface area contributed by atoms with Crippen molar-refractivity contribution in [3.8, 4) is 0 Å². The summed E-state index contributed by atoms with van der Waals surface area (Å²) in [5.74, 6) is -0.708. The molecule has 0 heterocycles. The lowest BCUT2D eigenvalue weighted by Crippen LogP contribution is -2.25. The number of rotatable bonds is 9. The Morgan fingerprint density at radius 2 is 1.85 bits per heavy atom. The number of carbonyl (C=O) groups is 1. The monoisotopic (exact) mass is 394 g/mol. The van der Waals surface area contributed by atoms with Crippen LogP contribution >= 0.6 is 0 Å². The standard InChI is InChI=1S/C19H23FN2O4S/c1-3-26-12-4-11-21-19(23)15-5-7-16(8-6-15)22-27(24,25)17-9-10-18(20)14(2)13-17/h5-10,13,22H,3-4,11-12H2,1-2H3,(H,21,23). The van der Waals surface area contributed by atoms with Gasteiger partial charge in [0.25, 0.3) is 15.9 Å². The van der Waals surface area contributed by atoms with E-state index < -0.39 is 15.8 Å². The van der Waals surface area contributed by atoms with Crippen LogP contribution in [-0.4, -0.2) is 34.1 Å².